The molecule has 1 unspecified atom stereocenters. The van der Waals surface area contributed by atoms with Gasteiger partial charge in [0.15, 0.2) is 5.58 Å². The van der Waals surface area contributed by atoms with Crippen LogP contribution in [0.3, 0.4) is 0 Å². The summed E-state index contributed by atoms with van der Waals surface area (Å²) in [5.74, 6) is -0.266. The van der Waals surface area contributed by atoms with E-state index in [1.165, 1.54) is 6.92 Å². The first kappa shape index (κ1) is 10.7. The van der Waals surface area contributed by atoms with Crippen LogP contribution in [-0.2, 0) is 9.53 Å². The number of rotatable bonds is 3. The molecular formula is C12H13NO3. The van der Waals surface area contributed by atoms with Gasteiger partial charge < -0.3 is 9.26 Å². The quantitative estimate of drug-likeness (QED) is 0.745. The molecule has 0 fully saturated rings. The SMILES string of the molecule is CCC(OC(C)=O)c1ccc2oncc2c1. The molecular weight excluding hydrogens is 206 g/mol. The fraction of sp³-hybridized carbons (Fsp3) is 0.333. The van der Waals surface area contributed by atoms with Crippen molar-refractivity contribution in [3.8, 4) is 0 Å². The van der Waals surface area contributed by atoms with Crippen LogP contribution < -0.4 is 0 Å². The van der Waals surface area contributed by atoms with Gasteiger partial charge in [-0.2, -0.15) is 0 Å². The lowest BCUT2D eigenvalue weighted by Gasteiger charge is -2.15. The number of fused-ring (bicyclic) bond motifs is 1. The zero-order valence-corrected chi connectivity index (χ0v) is 9.27. The molecule has 0 aliphatic heterocycles. The summed E-state index contributed by atoms with van der Waals surface area (Å²) >= 11 is 0. The fourth-order valence-corrected chi connectivity index (χ4v) is 1.68. The van der Waals surface area contributed by atoms with E-state index in [0.717, 1.165) is 23.0 Å². The Labute approximate surface area is 93.2 Å². The van der Waals surface area contributed by atoms with Crippen LogP contribution in [0.1, 0.15) is 31.9 Å². The van der Waals surface area contributed by atoms with Crippen molar-refractivity contribution in [2.45, 2.75) is 26.4 Å². The third-order valence-electron chi connectivity index (χ3n) is 2.43. The van der Waals surface area contributed by atoms with Crippen LogP contribution in [0.4, 0.5) is 0 Å². The minimum atomic E-state index is -0.266. The summed E-state index contributed by atoms with van der Waals surface area (Å²) in [6.07, 6.45) is 2.20. The molecule has 4 nitrogen and oxygen atoms in total. The second kappa shape index (κ2) is 4.35. The van der Waals surface area contributed by atoms with Crippen molar-refractivity contribution >= 4 is 16.9 Å². The van der Waals surface area contributed by atoms with Gasteiger partial charge in [-0.3, -0.25) is 4.79 Å². The zero-order valence-electron chi connectivity index (χ0n) is 9.27. The highest BCUT2D eigenvalue weighted by Gasteiger charge is 2.13. The highest BCUT2D eigenvalue weighted by Crippen LogP contribution is 2.25. The van der Waals surface area contributed by atoms with E-state index >= 15 is 0 Å². The van der Waals surface area contributed by atoms with Crippen molar-refractivity contribution < 1.29 is 14.1 Å². The molecule has 0 aliphatic carbocycles. The first-order chi connectivity index (χ1) is 7.70. The largest absolute Gasteiger partial charge is 0.458 e. The van der Waals surface area contributed by atoms with Crippen LogP contribution >= 0.6 is 0 Å². The summed E-state index contributed by atoms with van der Waals surface area (Å²) in [5.41, 5.74) is 1.70. The van der Waals surface area contributed by atoms with Crippen LogP contribution in [0, 0.1) is 0 Å². The molecule has 0 radical (unpaired) electrons. The number of aromatic nitrogens is 1. The summed E-state index contributed by atoms with van der Waals surface area (Å²) in [7, 11) is 0. The van der Waals surface area contributed by atoms with Gasteiger partial charge in [0.2, 0.25) is 0 Å². The predicted octanol–water partition coefficient (Wildman–Crippen LogP) is 2.84. The van der Waals surface area contributed by atoms with Gasteiger partial charge in [0.05, 0.1) is 6.20 Å². The maximum absolute atomic E-state index is 10.9. The average Bonchev–Trinajstić information content (AvgIpc) is 2.72. The third kappa shape index (κ3) is 2.05. The number of esters is 1. The summed E-state index contributed by atoms with van der Waals surface area (Å²) in [5, 5.41) is 4.63. The summed E-state index contributed by atoms with van der Waals surface area (Å²) in [6.45, 7) is 3.39. The predicted molar refractivity (Wildman–Crippen MR) is 58.8 cm³/mol. The van der Waals surface area contributed by atoms with E-state index in [2.05, 4.69) is 5.16 Å². The smallest absolute Gasteiger partial charge is 0.303 e. The number of carbonyl (C=O) groups is 1. The first-order valence-corrected chi connectivity index (χ1v) is 5.22. The molecule has 0 spiro atoms. The van der Waals surface area contributed by atoms with Gasteiger partial charge in [0.1, 0.15) is 6.10 Å². The Bertz CT molecular complexity index is 504. The number of ether oxygens (including phenoxy) is 1. The summed E-state index contributed by atoms with van der Waals surface area (Å²) in [6, 6.07) is 5.66. The van der Waals surface area contributed by atoms with E-state index < -0.39 is 0 Å². The normalized spacial score (nSPS) is 12.6. The highest BCUT2D eigenvalue weighted by molar-refractivity contribution is 5.76. The van der Waals surface area contributed by atoms with Gasteiger partial charge in [0.25, 0.3) is 0 Å². The second-order valence-corrected chi connectivity index (χ2v) is 3.63. The highest BCUT2D eigenvalue weighted by atomic mass is 16.5. The molecule has 0 saturated carbocycles. The van der Waals surface area contributed by atoms with Crippen molar-refractivity contribution in [1.82, 2.24) is 5.16 Å². The Morgan fingerprint density at radius 2 is 2.38 bits per heavy atom. The van der Waals surface area contributed by atoms with Gasteiger partial charge in [0, 0.05) is 12.3 Å². The van der Waals surface area contributed by atoms with Crippen LogP contribution in [-0.4, -0.2) is 11.1 Å². The zero-order chi connectivity index (χ0) is 11.5. The van der Waals surface area contributed by atoms with Crippen LogP contribution in [0.15, 0.2) is 28.9 Å². The molecule has 1 atom stereocenters. The minimum Gasteiger partial charge on any atom is -0.458 e. The average molecular weight is 219 g/mol. The van der Waals surface area contributed by atoms with Gasteiger partial charge in [-0.05, 0) is 24.1 Å². The maximum Gasteiger partial charge on any atom is 0.303 e. The van der Waals surface area contributed by atoms with E-state index in [4.69, 9.17) is 9.26 Å². The van der Waals surface area contributed by atoms with Gasteiger partial charge >= 0.3 is 5.97 Å². The van der Waals surface area contributed by atoms with E-state index in [0.29, 0.717) is 0 Å². The van der Waals surface area contributed by atoms with Gasteiger partial charge in [-0.15, -0.1) is 0 Å². The number of hydrogen-bond donors (Lipinski definition) is 0. The minimum absolute atomic E-state index is 0.197. The Balaban J connectivity index is 2.32. The number of nitrogens with zero attached hydrogens (tertiary/aromatic N) is 1. The lowest BCUT2D eigenvalue weighted by molar-refractivity contribution is -0.146. The summed E-state index contributed by atoms with van der Waals surface area (Å²) in [4.78, 5) is 10.9. The van der Waals surface area contributed by atoms with Crippen molar-refractivity contribution in [3.63, 3.8) is 0 Å². The van der Waals surface area contributed by atoms with Gasteiger partial charge in [-0.25, -0.2) is 0 Å². The molecule has 16 heavy (non-hydrogen) atoms. The molecule has 0 N–H and O–H groups in total. The summed E-state index contributed by atoms with van der Waals surface area (Å²) < 4.78 is 10.2. The molecule has 84 valence electrons. The van der Waals surface area contributed by atoms with Crippen LogP contribution in [0.2, 0.25) is 0 Å². The first-order valence-electron chi connectivity index (χ1n) is 5.22. The number of hydrogen-bond acceptors (Lipinski definition) is 4. The monoisotopic (exact) mass is 219 g/mol. The van der Waals surface area contributed by atoms with Crippen LogP contribution in [0.5, 0.6) is 0 Å². The van der Waals surface area contributed by atoms with E-state index in [9.17, 15) is 4.79 Å². The molecule has 1 aromatic heterocycles. The number of carbonyl (C=O) groups excluding carboxylic acids is 1. The topological polar surface area (TPSA) is 52.3 Å². The Morgan fingerprint density at radius 1 is 1.56 bits per heavy atom. The van der Waals surface area contributed by atoms with Crippen molar-refractivity contribution in [3.05, 3.63) is 30.0 Å². The fourth-order valence-electron chi connectivity index (χ4n) is 1.68. The van der Waals surface area contributed by atoms with E-state index in [1.54, 1.807) is 6.20 Å². The molecule has 0 aliphatic rings. The Morgan fingerprint density at radius 3 is 3.06 bits per heavy atom. The molecule has 1 heterocycles. The molecule has 2 aromatic rings. The van der Waals surface area contributed by atoms with Crippen LogP contribution in [0.25, 0.3) is 11.0 Å². The lowest BCUT2D eigenvalue weighted by Crippen LogP contribution is -2.07. The van der Waals surface area contributed by atoms with Crippen molar-refractivity contribution in [2.24, 2.45) is 0 Å². The lowest BCUT2D eigenvalue weighted by atomic mass is 10.1. The van der Waals surface area contributed by atoms with Crippen molar-refractivity contribution in [2.75, 3.05) is 0 Å². The molecule has 0 amide bonds. The van der Waals surface area contributed by atoms with Crippen molar-refractivity contribution in [1.29, 1.82) is 0 Å². The molecule has 4 heteroatoms. The maximum atomic E-state index is 10.9. The molecule has 1 aromatic carbocycles. The standard InChI is InChI=1S/C12H13NO3/c1-3-11(15-8(2)14)9-4-5-12-10(6-9)7-13-16-12/h4-7,11H,3H2,1-2H3. The van der Waals surface area contributed by atoms with Gasteiger partial charge in [-0.1, -0.05) is 18.1 Å². The molecule has 0 saturated heterocycles. The Hall–Kier alpha value is -1.84. The second-order valence-electron chi connectivity index (χ2n) is 3.63. The van der Waals surface area contributed by atoms with E-state index in [1.807, 2.05) is 25.1 Å². The third-order valence-corrected chi connectivity index (χ3v) is 2.43. The molecule has 2 rings (SSSR count). The Kier molecular flexibility index (Phi) is 2.90. The molecule has 0 bridgehead atoms. The van der Waals surface area contributed by atoms with E-state index in [-0.39, 0.29) is 12.1 Å². The number of benzene rings is 1.